The lowest BCUT2D eigenvalue weighted by Gasteiger charge is -2.19. The lowest BCUT2D eigenvalue weighted by atomic mass is 9.98. The molecule has 1 heterocycles. The number of carbonyl (C=O) groups is 1. The maximum atomic E-state index is 12.2. The fraction of sp³-hybridized carbons (Fsp3) is 0.217. The summed E-state index contributed by atoms with van der Waals surface area (Å²) in [5.41, 5.74) is 3.82. The topological polar surface area (TPSA) is 132 Å². The van der Waals surface area contributed by atoms with Crippen molar-refractivity contribution >= 4 is 6.09 Å². The Morgan fingerprint density at radius 3 is 2.29 bits per heavy atom. The number of aromatic hydroxyl groups is 1. The molecule has 1 aliphatic rings. The van der Waals surface area contributed by atoms with Crippen molar-refractivity contribution in [3.63, 3.8) is 0 Å². The number of aromatic amines is 1. The summed E-state index contributed by atoms with van der Waals surface area (Å²) in [6, 6.07) is 17.0. The Hall–Kier alpha value is -3.62. The number of aliphatic hydroxyl groups excluding tert-OH is 2. The molecule has 0 bridgehead atoms. The summed E-state index contributed by atoms with van der Waals surface area (Å²) in [5.74, 6) is -0.661. The Balaban J connectivity index is 1.34. The molecule has 5 N–H and O–H groups in total. The second-order valence-corrected chi connectivity index (χ2v) is 7.37. The number of fused-ring (bicyclic) bond motifs is 3. The number of nitrogens with one attached hydrogen (secondary N) is 2. The van der Waals surface area contributed by atoms with Crippen molar-refractivity contribution in [3.8, 4) is 16.9 Å². The molecule has 0 radical (unpaired) electrons. The standard InChI is InChI=1S/C23H22N2O6/c26-19-9-13(10-24-22(19)29)21(28)20(27)11-25-23(30)31-12-18-16-7-3-1-5-14(16)15-6-2-4-8-17(15)18/h1-10,18,20-21,26-28H,11-12H2,(H,24,29)(H,25,30). The summed E-state index contributed by atoms with van der Waals surface area (Å²) in [6.07, 6.45) is -2.33. The molecule has 3 aromatic rings. The smallest absolute Gasteiger partial charge is 0.407 e. The molecule has 160 valence electrons. The molecular formula is C23H22N2O6. The highest BCUT2D eigenvalue weighted by Gasteiger charge is 2.29. The molecule has 0 saturated carbocycles. The Kier molecular flexibility index (Phi) is 5.75. The highest BCUT2D eigenvalue weighted by atomic mass is 16.5. The summed E-state index contributed by atoms with van der Waals surface area (Å²) in [5, 5.41) is 32.2. The molecule has 0 aliphatic heterocycles. The van der Waals surface area contributed by atoms with E-state index in [2.05, 4.69) is 10.3 Å². The van der Waals surface area contributed by atoms with Gasteiger partial charge in [0.2, 0.25) is 0 Å². The Morgan fingerprint density at radius 2 is 1.68 bits per heavy atom. The third kappa shape index (κ3) is 4.16. The van der Waals surface area contributed by atoms with Crippen LogP contribution in [0.3, 0.4) is 0 Å². The normalized spacial score (nSPS) is 14.4. The lowest BCUT2D eigenvalue weighted by Crippen LogP contribution is -2.36. The molecule has 1 amide bonds. The van der Waals surface area contributed by atoms with Crippen molar-refractivity contribution in [2.45, 2.75) is 18.1 Å². The molecule has 0 saturated heterocycles. The zero-order valence-electron chi connectivity index (χ0n) is 16.5. The number of aliphatic hydroxyl groups is 2. The second kappa shape index (κ2) is 8.63. The van der Waals surface area contributed by atoms with Crippen molar-refractivity contribution in [2.24, 2.45) is 0 Å². The zero-order chi connectivity index (χ0) is 22.0. The number of alkyl carbamates (subject to hydrolysis) is 1. The van der Waals surface area contributed by atoms with E-state index < -0.39 is 29.6 Å². The molecule has 4 rings (SSSR count). The van der Waals surface area contributed by atoms with Gasteiger partial charge in [-0.1, -0.05) is 48.5 Å². The first-order chi connectivity index (χ1) is 15.0. The summed E-state index contributed by atoms with van der Waals surface area (Å²) in [6.45, 7) is -0.149. The molecule has 8 heteroatoms. The Morgan fingerprint density at radius 1 is 1.06 bits per heavy atom. The minimum absolute atomic E-state index is 0.0854. The highest BCUT2D eigenvalue weighted by Crippen LogP contribution is 2.44. The minimum Gasteiger partial charge on any atom is -0.503 e. The molecule has 0 spiro atoms. The van der Waals surface area contributed by atoms with E-state index in [1.54, 1.807) is 0 Å². The lowest BCUT2D eigenvalue weighted by molar-refractivity contribution is 0.0182. The SMILES string of the molecule is O=C(NCC(O)C(O)c1c[nH]c(=O)c(O)c1)OCC1c2ccccc2-c2ccccc21. The van der Waals surface area contributed by atoms with Gasteiger partial charge in [-0.05, 0) is 28.3 Å². The number of rotatable bonds is 6. The Bertz CT molecular complexity index is 1110. The van der Waals surface area contributed by atoms with Crippen molar-refractivity contribution in [1.82, 2.24) is 10.3 Å². The van der Waals surface area contributed by atoms with Crippen molar-refractivity contribution < 1.29 is 24.9 Å². The average Bonchev–Trinajstić information content (AvgIpc) is 3.11. The maximum absolute atomic E-state index is 12.2. The van der Waals surface area contributed by atoms with Gasteiger partial charge in [0, 0.05) is 24.2 Å². The largest absolute Gasteiger partial charge is 0.503 e. The van der Waals surface area contributed by atoms with E-state index in [4.69, 9.17) is 4.74 Å². The molecule has 2 unspecified atom stereocenters. The predicted octanol–water partition coefficient (Wildman–Crippen LogP) is 2.01. The van der Waals surface area contributed by atoms with E-state index in [-0.39, 0.29) is 24.6 Å². The fourth-order valence-electron chi connectivity index (χ4n) is 3.83. The molecule has 8 nitrogen and oxygen atoms in total. The van der Waals surface area contributed by atoms with Crippen LogP contribution < -0.4 is 10.9 Å². The molecule has 2 aromatic carbocycles. The number of hydrogen-bond acceptors (Lipinski definition) is 6. The maximum Gasteiger partial charge on any atom is 0.407 e. The number of H-pyrrole nitrogens is 1. The second-order valence-electron chi connectivity index (χ2n) is 7.37. The van der Waals surface area contributed by atoms with Gasteiger partial charge in [-0.2, -0.15) is 0 Å². The van der Waals surface area contributed by atoms with Crippen LogP contribution in [0.15, 0.2) is 65.6 Å². The van der Waals surface area contributed by atoms with Crippen LogP contribution >= 0.6 is 0 Å². The number of amides is 1. The first-order valence-electron chi connectivity index (χ1n) is 9.82. The van der Waals surface area contributed by atoms with E-state index >= 15 is 0 Å². The highest BCUT2D eigenvalue weighted by molar-refractivity contribution is 5.79. The van der Waals surface area contributed by atoms with Gasteiger partial charge in [0.1, 0.15) is 18.8 Å². The predicted molar refractivity (Wildman–Crippen MR) is 113 cm³/mol. The van der Waals surface area contributed by atoms with Gasteiger partial charge < -0.3 is 30.4 Å². The van der Waals surface area contributed by atoms with Gasteiger partial charge in [0.15, 0.2) is 5.75 Å². The number of carbonyl (C=O) groups excluding carboxylic acids is 1. The average molecular weight is 422 g/mol. The van der Waals surface area contributed by atoms with Crippen LogP contribution in [0.25, 0.3) is 11.1 Å². The number of benzene rings is 2. The van der Waals surface area contributed by atoms with Crippen molar-refractivity contribution in [1.29, 1.82) is 0 Å². The van der Waals surface area contributed by atoms with Crippen LogP contribution in [-0.2, 0) is 4.74 Å². The van der Waals surface area contributed by atoms with Crippen LogP contribution in [0, 0.1) is 0 Å². The van der Waals surface area contributed by atoms with Gasteiger partial charge in [-0.3, -0.25) is 4.79 Å². The third-order valence-corrected chi connectivity index (χ3v) is 5.41. The van der Waals surface area contributed by atoms with Gasteiger partial charge in [-0.25, -0.2) is 4.79 Å². The van der Waals surface area contributed by atoms with Crippen LogP contribution in [-0.4, -0.2) is 45.7 Å². The van der Waals surface area contributed by atoms with Crippen LogP contribution in [0.5, 0.6) is 5.75 Å². The van der Waals surface area contributed by atoms with Crippen molar-refractivity contribution in [3.05, 3.63) is 87.8 Å². The zero-order valence-corrected chi connectivity index (χ0v) is 16.5. The molecule has 0 fully saturated rings. The van der Waals surface area contributed by atoms with Gasteiger partial charge in [0.25, 0.3) is 5.56 Å². The molecule has 1 aromatic heterocycles. The van der Waals surface area contributed by atoms with E-state index in [0.29, 0.717) is 0 Å². The molecular weight excluding hydrogens is 400 g/mol. The quantitative estimate of drug-likeness (QED) is 0.413. The van der Waals surface area contributed by atoms with E-state index in [9.17, 15) is 24.9 Å². The van der Waals surface area contributed by atoms with Crippen LogP contribution in [0.2, 0.25) is 0 Å². The summed E-state index contributed by atoms with van der Waals surface area (Å²) < 4.78 is 5.38. The number of ether oxygens (including phenoxy) is 1. The monoisotopic (exact) mass is 422 g/mol. The Labute approximate surface area is 177 Å². The van der Waals surface area contributed by atoms with E-state index in [0.717, 1.165) is 28.3 Å². The first kappa shape index (κ1) is 20.6. The molecule has 31 heavy (non-hydrogen) atoms. The summed E-state index contributed by atoms with van der Waals surface area (Å²) in [4.78, 5) is 25.6. The number of pyridine rings is 1. The van der Waals surface area contributed by atoms with E-state index in [1.807, 2.05) is 48.5 Å². The molecule has 1 aliphatic carbocycles. The van der Waals surface area contributed by atoms with Gasteiger partial charge >= 0.3 is 6.09 Å². The number of hydrogen-bond donors (Lipinski definition) is 5. The summed E-state index contributed by atoms with van der Waals surface area (Å²) in [7, 11) is 0. The molecule has 2 atom stereocenters. The van der Waals surface area contributed by atoms with E-state index in [1.165, 1.54) is 6.20 Å². The first-order valence-corrected chi connectivity index (χ1v) is 9.82. The van der Waals surface area contributed by atoms with Gasteiger partial charge in [0.05, 0.1) is 0 Å². The van der Waals surface area contributed by atoms with Crippen LogP contribution in [0.4, 0.5) is 4.79 Å². The minimum atomic E-state index is -1.42. The summed E-state index contributed by atoms with van der Waals surface area (Å²) >= 11 is 0. The third-order valence-electron chi connectivity index (χ3n) is 5.41. The van der Waals surface area contributed by atoms with Crippen molar-refractivity contribution in [2.75, 3.05) is 13.2 Å². The van der Waals surface area contributed by atoms with Crippen LogP contribution in [0.1, 0.15) is 28.7 Å². The van der Waals surface area contributed by atoms with Gasteiger partial charge in [-0.15, -0.1) is 0 Å². The fourth-order valence-corrected chi connectivity index (χ4v) is 3.83. The number of aromatic nitrogens is 1.